The molecule has 0 aliphatic carbocycles. The third-order valence-electron chi connectivity index (χ3n) is 1.30. The Bertz CT molecular complexity index is 298. The zero-order chi connectivity index (χ0) is 9.30. The summed E-state index contributed by atoms with van der Waals surface area (Å²) in [5.74, 6) is -5.01. The SMILES string of the molecule is Fc1cc[c]([Ga]([F])[F])c(F)c1F. The molecule has 0 saturated heterocycles. The van der Waals surface area contributed by atoms with E-state index in [2.05, 4.69) is 0 Å². The zero-order valence-electron chi connectivity index (χ0n) is 5.62. The number of halogens is 5. The fraction of sp³-hybridized carbons (Fsp3) is 0. The second kappa shape index (κ2) is 3.48. The van der Waals surface area contributed by atoms with Gasteiger partial charge in [-0.05, 0) is 0 Å². The van der Waals surface area contributed by atoms with Gasteiger partial charge in [0.1, 0.15) is 0 Å². The molecule has 1 rings (SSSR count). The molecule has 0 heterocycles. The van der Waals surface area contributed by atoms with Gasteiger partial charge >= 0.3 is 70.7 Å². The van der Waals surface area contributed by atoms with Gasteiger partial charge in [0, 0.05) is 0 Å². The minimum atomic E-state index is -4.84. The van der Waals surface area contributed by atoms with E-state index in [0.717, 1.165) is 0 Å². The Kier molecular flexibility index (Phi) is 2.79. The molecule has 0 radical (unpaired) electrons. The van der Waals surface area contributed by atoms with Crippen LogP contribution in [0.5, 0.6) is 0 Å². The van der Waals surface area contributed by atoms with E-state index < -0.39 is 38.8 Å². The number of hydrogen-bond acceptors (Lipinski definition) is 0. The fourth-order valence-corrected chi connectivity index (χ4v) is 1.88. The van der Waals surface area contributed by atoms with Gasteiger partial charge < -0.3 is 0 Å². The third-order valence-corrected chi connectivity index (χ3v) is 3.22. The molecule has 0 unspecified atom stereocenters. The molecule has 6 heteroatoms. The first kappa shape index (κ1) is 9.59. The van der Waals surface area contributed by atoms with E-state index in [4.69, 9.17) is 0 Å². The summed E-state index contributed by atoms with van der Waals surface area (Å²) >= 11 is -4.84. The molecule has 0 nitrogen and oxygen atoms in total. The first-order chi connectivity index (χ1) is 5.54. The van der Waals surface area contributed by atoms with Gasteiger partial charge in [-0.15, -0.1) is 0 Å². The van der Waals surface area contributed by atoms with Crippen molar-refractivity contribution in [2.24, 2.45) is 0 Å². The Labute approximate surface area is 71.2 Å². The maximum atomic E-state index is 12.5. The molecule has 12 heavy (non-hydrogen) atoms. The molecule has 1 aromatic rings. The van der Waals surface area contributed by atoms with Gasteiger partial charge in [-0.25, -0.2) is 0 Å². The Morgan fingerprint density at radius 1 is 0.917 bits per heavy atom. The van der Waals surface area contributed by atoms with Crippen molar-refractivity contribution >= 4 is 21.3 Å². The van der Waals surface area contributed by atoms with Crippen LogP contribution in [0.3, 0.4) is 0 Å². The molecule has 64 valence electrons. The van der Waals surface area contributed by atoms with Crippen LogP contribution in [-0.2, 0) is 0 Å². The Morgan fingerprint density at radius 3 is 2.00 bits per heavy atom. The molecule has 0 aromatic heterocycles. The van der Waals surface area contributed by atoms with E-state index in [9.17, 15) is 19.7 Å². The van der Waals surface area contributed by atoms with Crippen molar-refractivity contribution < 1.29 is 19.7 Å². The van der Waals surface area contributed by atoms with Crippen LogP contribution < -0.4 is 4.12 Å². The first-order valence-corrected chi connectivity index (χ1v) is 6.00. The number of rotatable bonds is 1. The average Bonchev–Trinajstić information content (AvgIpc) is 2.00. The average molecular weight is 239 g/mol. The Balaban J connectivity index is 3.27. The molecular formula is C6H2F5Ga. The third kappa shape index (κ3) is 1.64. The molecule has 0 amide bonds. The van der Waals surface area contributed by atoms with Crippen LogP contribution in [0.15, 0.2) is 12.1 Å². The van der Waals surface area contributed by atoms with E-state index >= 15 is 0 Å². The second-order valence-electron chi connectivity index (χ2n) is 2.07. The molecule has 0 spiro atoms. The van der Waals surface area contributed by atoms with Gasteiger partial charge in [0.2, 0.25) is 0 Å². The summed E-state index contributed by atoms with van der Waals surface area (Å²) in [6.07, 6.45) is 0. The van der Waals surface area contributed by atoms with E-state index in [1.54, 1.807) is 0 Å². The van der Waals surface area contributed by atoms with Crippen molar-refractivity contribution in [3.05, 3.63) is 29.6 Å². The Hall–Kier alpha value is -0.494. The van der Waals surface area contributed by atoms with Gasteiger partial charge in [-0.1, -0.05) is 0 Å². The predicted molar refractivity (Wildman–Crippen MR) is 33.9 cm³/mol. The quantitative estimate of drug-likeness (QED) is 0.397. The maximum absolute atomic E-state index is 12.5. The standard InChI is InChI=1S/C6H2F3.2FH.Ga/c7-4-2-1-3-5(8)6(4)9;;;/h1-2H;2*1H;/q;;;+2/p-2. The second-order valence-corrected chi connectivity index (χ2v) is 4.63. The topological polar surface area (TPSA) is 0 Å². The minimum absolute atomic E-state index is 0.505. The first-order valence-electron chi connectivity index (χ1n) is 2.95. The summed E-state index contributed by atoms with van der Waals surface area (Å²) in [5.41, 5.74) is 0. The van der Waals surface area contributed by atoms with E-state index in [1.807, 2.05) is 0 Å². The van der Waals surface area contributed by atoms with E-state index in [0.29, 0.717) is 12.1 Å². The number of benzene rings is 1. The molecule has 0 atom stereocenters. The monoisotopic (exact) mass is 238 g/mol. The molecule has 1 aromatic carbocycles. The van der Waals surface area contributed by atoms with Crippen LogP contribution in [-0.4, -0.2) is 17.2 Å². The van der Waals surface area contributed by atoms with E-state index in [1.165, 1.54) is 0 Å². The molecule has 0 bridgehead atoms. The predicted octanol–water partition coefficient (Wildman–Crippen LogP) is 1.74. The van der Waals surface area contributed by atoms with Crippen LogP contribution in [0.2, 0.25) is 0 Å². The molecular weight excluding hydrogens is 237 g/mol. The van der Waals surface area contributed by atoms with Gasteiger partial charge in [0.25, 0.3) is 0 Å². The Morgan fingerprint density at radius 2 is 1.50 bits per heavy atom. The summed E-state index contributed by atoms with van der Waals surface area (Å²) in [6.45, 7) is 0. The molecule has 0 aliphatic heterocycles. The summed E-state index contributed by atoms with van der Waals surface area (Å²) < 4.78 is 60.0. The van der Waals surface area contributed by atoms with Gasteiger partial charge in [-0.3, -0.25) is 0 Å². The van der Waals surface area contributed by atoms with Crippen molar-refractivity contribution in [3.63, 3.8) is 0 Å². The van der Waals surface area contributed by atoms with Gasteiger partial charge in [-0.2, -0.15) is 0 Å². The van der Waals surface area contributed by atoms with Crippen LogP contribution in [0.25, 0.3) is 0 Å². The van der Waals surface area contributed by atoms with Crippen molar-refractivity contribution in [2.75, 3.05) is 0 Å². The van der Waals surface area contributed by atoms with Crippen molar-refractivity contribution in [1.29, 1.82) is 0 Å². The fourth-order valence-electron chi connectivity index (χ4n) is 0.709. The van der Waals surface area contributed by atoms with Crippen LogP contribution in [0.1, 0.15) is 0 Å². The zero-order valence-corrected chi connectivity index (χ0v) is 8.04. The van der Waals surface area contributed by atoms with Crippen LogP contribution in [0.4, 0.5) is 19.7 Å². The normalized spacial score (nSPS) is 10.1. The van der Waals surface area contributed by atoms with Crippen LogP contribution >= 0.6 is 0 Å². The summed E-state index contributed by atoms with van der Waals surface area (Å²) in [6, 6.07) is 1.10. The van der Waals surface area contributed by atoms with Crippen molar-refractivity contribution in [1.82, 2.24) is 0 Å². The summed E-state index contributed by atoms with van der Waals surface area (Å²) in [4.78, 5) is 0. The molecule has 0 fully saturated rings. The molecule has 0 saturated carbocycles. The van der Waals surface area contributed by atoms with Crippen molar-refractivity contribution in [3.8, 4) is 0 Å². The van der Waals surface area contributed by atoms with Gasteiger partial charge in [0.05, 0.1) is 0 Å². The van der Waals surface area contributed by atoms with E-state index in [-0.39, 0.29) is 0 Å². The van der Waals surface area contributed by atoms with Crippen molar-refractivity contribution in [2.45, 2.75) is 0 Å². The van der Waals surface area contributed by atoms with Gasteiger partial charge in [0.15, 0.2) is 0 Å². The molecule has 0 aliphatic rings. The van der Waals surface area contributed by atoms with Crippen LogP contribution in [0, 0.1) is 17.5 Å². The molecule has 0 N–H and O–H groups in total. The summed E-state index contributed by atoms with van der Waals surface area (Å²) in [5, 5.41) is 0. The summed E-state index contributed by atoms with van der Waals surface area (Å²) in [7, 11) is 0. The number of hydrogen-bond donors (Lipinski definition) is 0.